The molecule has 81 heavy (non-hydrogen) atoms. The molecule has 454 valence electrons. The van der Waals surface area contributed by atoms with Crippen molar-refractivity contribution in [1.29, 1.82) is 0 Å². The van der Waals surface area contributed by atoms with E-state index in [-0.39, 0.29) is 93.3 Å². The molecular weight excluding hydrogens is 1080 g/mol. The second-order valence-electron chi connectivity index (χ2n) is 18.9. The van der Waals surface area contributed by atoms with Crippen LogP contribution in [0.3, 0.4) is 0 Å². The molecule has 1 aliphatic carbocycles. The van der Waals surface area contributed by atoms with E-state index in [1.165, 1.54) is 9.37 Å². The number of benzene rings is 2. The quantitative estimate of drug-likeness (QED) is 0.0546. The van der Waals surface area contributed by atoms with Crippen LogP contribution in [0.2, 0.25) is 0 Å². The zero-order chi connectivity index (χ0) is 57.8. The van der Waals surface area contributed by atoms with E-state index < -0.39 is 22.1 Å². The number of amides is 3. The highest BCUT2D eigenvalue weighted by Gasteiger charge is 2.37. The average Bonchev–Trinajstić information content (AvgIpc) is 3.66. The number of nitrogens with zero attached hydrogens (tertiary/aromatic N) is 3. The maximum atomic E-state index is 13.7. The standard InChI is InChI=1S/C55H84N6O19S/c1-2-14-61(79-17-13-57-55(66)80-48-6-4-7-48)54(65)47-36-46-10-9-45(38-50(46)59-51(56)39-47)44-5-3-8-49(37-44)81(67,68)60-41-43(42-60)40-58-52(62)11-15-69-18-20-71-22-24-73-26-28-75-30-32-77-34-35-78-33-31-76-29-27-74-25-23-72-21-19-70-16-12-53(63)64/h3,5,8-10,36-38,43,48H,2,4,6-7,11-35,39-42H2,1H3,(H2,56,59)(H,57,66)(H,58,62)(H,63,64). The van der Waals surface area contributed by atoms with Gasteiger partial charge in [-0.3, -0.25) is 19.2 Å². The third-order valence-electron chi connectivity index (χ3n) is 12.5. The molecule has 2 aromatic rings. The zero-order valence-corrected chi connectivity index (χ0v) is 47.5. The van der Waals surface area contributed by atoms with Crippen LogP contribution < -0.4 is 16.4 Å². The molecule has 0 radical (unpaired) electrons. The van der Waals surface area contributed by atoms with E-state index >= 15 is 0 Å². The average molecular weight is 1170 g/mol. The molecule has 0 unspecified atom stereocenters. The second kappa shape index (κ2) is 39.3. The van der Waals surface area contributed by atoms with E-state index in [0.717, 1.165) is 19.3 Å². The number of amidine groups is 1. The lowest BCUT2D eigenvalue weighted by Crippen LogP contribution is -2.53. The lowest BCUT2D eigenvalue weighted by molar-refractivity contribution is -0.181. The molecule has 3 amide bonds. The van der Waals surface area contributed by atoms with Gasteiger partial charge in [-0.05, 0) is 61.1 Å². The Morgan fingerprint density at radius 3 is 1.70 bits per heavy atom. The van der Waals surface area contributed by atoms with Gasteiger partial charge in [0.1, 0.15) is 11.9 Å². The molecule has 1 saturated heterocycles. The first-order valence-corrected chi connectivity index (χ1v) is 29.3. The van der Waals surface area contributed by atoms with Gasteiger partial charge >= 0.3 is 12.1 Å². The van der Waals surface area contributed by atoms with Gasteiger partial charge in [0.25, 0.3) is 5.91 Å². The molecule has 2 aromatic carbocycles. The first-order valence-electron chi connectivity index (χ1n) is 27.9. The Morgan fingerprint density at radius 2 is 1.20 bits per heavy atom. The Hall–Kier alpha value is -5.20. The summed E-state index contributed by atoms with van der Waals surface area (Å²) in [6.45, 7) is 11.2. The Balaban J connectivity index is 0.829. The van der Waals surface area contributed by atoms with Gasteiger partial charge in [0.2, 0.25) is 15.9 Å². The monoisotopic (exact) mass is 1160 g/mol. The summed E-state index contributed by atoms with van der Waals surface area (Å²) in [4.78, 5) is 59.1. The Labute approximate surface area is 475 Å². The highest BCUT2D eigenvalue weighted by Crippen LogP contribution is 2.34. The van der Waals surface area contributed by atoms with Crippen molar-refractivity contribution in [3.05, 3.63) is 53.6 Å². The van der Waals surface area contributed by atoms with Crippen molar-refractivity contribution >= 4 is 51.5 Å². The number of ether oxygens (including phenoxy) is 11. The summed E-state index contributed by atoms with van der Waals surface area (Å²) >= 11 is 0. The molecule has 0 aromatic heterocycles. The maximum Gasteiger partial charge on any atom is 0.407 e. The number of nitrogens with one attached hydrogen (secondary N) is 2. The molecular formula is C55H84N6O19S. The lowest BCUT2D eigenvalue weighted by atomic mass is 9.96. The zero-order valence-electron chi connectivity index (χ0n) is 46.7. The van der Waals surface area contributed by atoms with E-state index in [1.807, 2.05) is 31.2 Å². The van der Waals surface area contributed by atoms with Gasteiger partial charge in [0.05, 0.1) is 156 Å². The number of sulfonamides is 1. The summed E-state index contributed by atoms with van der Waals surface area (Å²) in [7, 11) is -3.81. The van der Waals surface area contributed by atoms with Crippen molar-refractivity contribution in [3.8, 4) is 11.1 Å². The van der Waals surface area contributed by atoms with Gasteiger partial charge in [-0.1, -0.05) is 31.2 Å². The van der Waals surface area contributed by atoms with Crippen LogP contribution in [0, 0.1) is 5.92 Å². The van der Waals surface area contributed by atoms with Gasteiger partial charge in [-0.15, -0.1) is 0 Å². The van der Waals surface area contributed by atoms with Crippen molar-refractivity contribution in [2.45, 2.75) is 62.9 Å². The summed E-state index contributed by atoms with van der Waals surface area (Å²) in [6.07, 6.45) is 4.86. The van der Waals surface area contributed by atoms with E-state index in [1.54, 1.807) is 24.3 Å². The van der Waals surface area contributed by atoms with Crippen molar-refractivity contribution in [2.24, 2.45) is 16.6 Å². The number of nitrogens with two attached hydrogens (primary N) is 1. The van der Waals surface area contributed by atoms with Crippen LogP contribution in [0.15, 0.2) is 57.9 Å². The summed E-state index contributed by atoms with van der Waals surface area (Å²) in [6, 6.07) is 12.2. The number of carboxylic acid groups (broad SMARTS) is 1. The Bertz CT molecular complexity index is 2350. The summed E-state index contributed by atoms with van der Waals surface area (Å²) < 4.78 is 88.5. The largest absolute Gasteiger partial charge is 0.481 e. The van der Waals surface area contributed by atoms with Crippen LogP contribution >= 0.6 is 0 Å². The number of fused-ring (bicyclic) bond motifs is 1. The molecule has 3 aliphatic rings. The Morgan fingerprint density at radius 1 is 0.679 bits per heavy atom. The number of hydrogen-bond acceptors (Lipinski definition) is 20. The molecule has 5 rings (SSSR count). The number of carbonyl (C=O) groups is 4. The fraction of sp³-hybridized carbons (Fsp3) is 0.655. The van der Waals surface area contributed by atoms with Crippen LogP contribution in [0.1, 0.15) is 57.4 Å². The minimum Gasteiger partial charge on any atom is -0.481 e. The molecule has 0 spiro atoms. The molecule has 2 heterocycles. The summed E-state index contributed by atoms with van der Waals surface area (Å²) in [5.41, 5.74) is 9.28. The normalized spacial score (nSPS) is 14.7. The SMILES string of the molecule is CCCN(OCCNC(=O)OC1CCC1)C(=O)C1=Cc2ccc(-c3cccc(S(=O)(=O)N4CC(CNC(=O)CCOCCOCCOCCOCCOCCOCCOCCOCCOCCOCCC(=O)O)C4)c3)cc2N=C(N)C1. The third-order valence-corrected chi connectivity index (χ3v) is 14.3. The number of aliphatic imine (C=N–C) groups is 1. The number of alkyl carbamates (subject to hydrolysis) is 1. The van der Waals surface area contributed by atoms with Gasteiger partial charge in [-0.25, -0.2) is 23.3 Å². The molecule has 2 fully saturated rings. The Kier molecular flexibility index (Phi) is 32.3. The van der Waals surface area contributed by atoms with Crippen LogP contribution in [0.25, 0.3) is 17.2 Å². The molecule has 26 heteroatoms. The van der Waals surface area contributed by atoms with Crippen LogP contribution in [-0.2, 0) is 81.3 Å². The molecule has 2 aliphatic heterocycles. The van der Waals surface area contributed by atoms with Gasteiger partial charge in [0, 0.05) is 62.6 Å². The fourth-order valence-electron chi connectivity index (χ4n) is 7.87. The topological polar surface area (TPSA) is 302 Å². The van der Waals surface area contributed by atoms with E-state index in [4.69, 9.17) is 67.8 Å². The van der Waals surface area contributed by atoms with Gasteiger partial charge in [0.15, 0.2) is 0 Å². The summed E-state index contributed by atoms with van der Waals surface area (Å²) in [5.74, 6) is -1.24. The number of hydroxylamine groups is 2. The molecule has 0 bridgehead atoms. The second-order valence-corrected chi connectivity index (χ2v) is 20.8. The summed E-state index contributed by atoms with van der Waals surface area (Å²) in [5, 5.41) is 15.3. The predicted octanol–water partition coefficient (Wildman–Crippen LogP) is 3.35. The molecule has 0 atom stereocenters. The van der Waals surface area contributed by atoms with Crippen LogP contribution in [0.4, 0.5) is 10.5 Å². The molecule has 5 N–H and O–H groups in total. The fourth-order valence-corrected chi connectivity index (χ4v) is 9.51. The van der Waals surface area contributed by atoms with Gasteiger partial charge < -0.3 is 73.6 Å². The van der Waals surface area contributed by atoms with Crippen molar-refractivity contribution in [1.82, 2.24) is 20.0 Å². The van der Waals surface area contributed by atoms with E-state index in [0.29, 0.717) is 166 Å². The minimum atomic E-state index is -3.81. The number of hydrogen-bond donors (Lipinski definition) is 4. The number of carbonyl (C=O) groups excluding carboxylic acids is 3. The van der Waals surface area contributed by atoms with Crippen molar-refractivity contribution in [3.63, 3.8) is 0 Å². The van der Waals surface area contributed by atoms with E-state index in [9.17, 15) is 27.6 Å². The smallest absolute Gasteiger partial charge is 0.407 e. The van der Waals surface area contributed by atoms with E-state index in [2.05, 4.69) is 15.6 Å². The highest BCUT2D eigenvalue weighted by atomic mass is 32.2. The van der Waals surface area contributed by atoms with Crippen LogP contribution in [-0.4, -0.2) is 230 Å². The first kappa shape index (κ1) is 66.6. The van der Waals surface area contributed by atoms with Crippen LogP contribution in [0.5, 0.6) is 0 Å². The number of aliphatic carboxylic acids is 1. The number of rotatable bonds is 46. The lowest BCUT2D eigenvalue weighted by Gasteiger charge is -2.38. The first-order chi connectivity index (χ1) is 39.4. The molecule has 25 nitrogen and oxygen atoms in total. The van der Waals surface area contributed by atoms with Gasteiger partial charge in [-0.2, -0.15) is 4.31 Å². The van der Waals surface area contributed by atoms with Crippen molar-refractivity contribution in [2.75, 3.05) is 171 Å². The highest BCUT2D eigenvalue weighted by molar-refractivity contribution is 7.89. The predicted molar refractivity (Wildman–Crippen MR) is 296 cm³/mol. The third kappa shape index (κ3) is 26.7. The minimum absolute atomic E-state index is 0.0203. The maximum absolute atomic E-state index is 13.7. The number of carboxylic acids is 1. The van der Waals surface area contributed by atoms with Crippen molar-refractivity contribution < 1.29 is 89.6 Å². The molecule has 1 saturated carbocycles.